The van der Waals surface area contributed by atoms with E-state index < -0.39 is 0 Å². The molecule has 0 aromatic rings. The Morgan fingerprint density at radius 2 is 1.85 bits per heavy atom. The average molecular weight is 183 g/mol. The largest absolute Gasteiger partial charge is 0.310 e. The van der Waals surface area contributed by atoms with Crippen LogP contribution in [0, 0.1) is 11.3 Å². The zero-order chi connectivity index (χ0) is 10.1. The Kier molecular flexibility index (Phi) is 3.39. The van der Waals surface area contributed by atoms with Gasteiger partial charge in [0.05, 0.1) is 0 Å². The third kappa shape index (κ3) is 1.90. The van der Waals surface area contributed by atoms with Crippen molar-refractivity contribution in [2.75, 3.05) is 0 Å². The molecule has 0 aromatic heterocycles. The van der Waals surface area contributed by atoms with Gasteiger partial charge in [-0.05, 0) is 24.2 Å². The van der Waals surface area contributed by atoms with Crippen molar-refractivity contribution in [3.8, 4) is 0 Å². The van der Waals surface area contributed by atoms with Gasteiger partial charge >= 0.3 is 0 Å². The van der Waals surface area contributed by atoms with Crippen LogP contribution in [0.4, 0.5) is 0 Å². The summed E-state index contributed by atoms with van der Waals surface area (Å²) in [6.45, 7) is 11.8. The molecule has 3 atom stereocenters. The zero-order valence-corrected chi connectivity index (χ0v) is 9.85. The fourth-order valence-corrected chi connectivity index (χ4v) is 2.67. The van der Waals surface area contributed by atoms with E-state index in [-0.39, 0.29) is 0 Å². The fraction of sp³-hybridized carbons (Fsp3) is 1.00. The minimum absolute atomic E-state index is 0.483. The van der Waals surface area contributed by atoms with Crippen LogP contribution >= 0.6 is 0 Å². The standard InChI is InChI=1S/C12H25N/c1-6-8-11-12(4,5)9(3)10(7-2)13-11/h9-11,13H,6-8H2,1-5H3. The Labute approximate surface area is 83.3 Å². The summed E-state index contributed by atoms with van der Waals surface area (Å²) in [7, 11) is 0. The molecule has 0 saturated carbocycles. The number of nitrogens with one attached hydrogen (secondary N) is 1. The van der Waals surface area contributed by atoms with Gasteiger partial charge in [0, 0.05) is 12.1 Å². The predicted molar refractivity (Wildman–Crippen MR) is 58.9 cm³/mol. The molecule has 1 nitrogen and oxygen atoms in total. The average Bonchev–Trinajstić information content (AvgIpc) is 2.29. The first-order valence-corrected chi connectivity index (χ1v) is 5.80. The summed E-state index contributed by atoms with van der Waals surface area (Å²) >= 11 is 0. The highest BCUT2D eigenvalue weighted by Crippen LogP contribution is 2.41. The Morgan fingerprint density at radius 3 is 2.23 bits per heavy atom. The minimum atomic E-state index is 0.483. The molecule has 0 bridgehead atoms. The van der Waals surface area contributed by atoms with Gasteiger partial charge in [-0.2, -0.15) is 0 Å². The summed E-state index contributed by atoms with van der Waals surface area (Å²) in [4.78, 5) is 0. The van der Waals surface area contributed by atoms with E-state index in [1.807, 2.05) is 0 Å². The number of rotatable bonds is 3. The number of hydrogen-bond donors (Lipinski definition) is 1. The zero-order valence-electron chi connectivity index (χ0n) is 9.85. The normalized spacial score (nSPS) is 38.1. The Morgan fingerprint density at radius 1 is 1.23 bits per heavy atom. The van der Waals surface area contributed by atoms with Crippen LogP contribution in [0.2, 0.25) is 0 Å². The van der Waals surface area contributed by atoms with Gasteiger partial charge in [0.15, 0.2) is 0 Å². The molecule has 0 aliphatic carbocycles. The van der Waals surface area contributed by atoms with Crippen LogP contribution in [0.15, 0.2) is 0 Å². The molecule has 1 heteroatoms. The van der Waals surface area contributed by atoms with Crippen LogP contribution < -0.4 is 5.32 Å². The summed E-state index contributed by atoms with van der Waals surface area (Å²) in [6.07, 6.45) is 3.89. The maximum atomic E-state index is 3.78. The summed E-state index contributed by atoms with van der Waals surface area (Å²) in [5.74, 6) is 0.814. The molecule has 1 aliphatic rings. The highest BCUT2D eigenvalue weighted by Gasteiger charge is 2.44. The van der Waals surface area contributed by atoms with Crippen LogP contribution in [0.1, 0.15) is 53.9 Å². The summed E-state index contributed by atoms with van der Waals surface area (Å²) in [6, 6.07) is 1.48. The van der Waals surface area contributed by atoms with E-state index in [2.05, 4.69) is 39.9 Å². The highest BCUT2D eigenvalue weighted by molar-refractivity contribution is 5.00. The van der Waals surface area contributed by atoms with Gasteiger partial charge in [-0.3, -0.25) is 0 Å². The maximum Gasteiger partial charge on any atom is 0.0124 e. The molecule has 3 unspecified atom stereocenters. The summed E-state index contributed by atoms with van der Waals surface area (Å²) in [5, 5.41) is 3.78. The van der Waals surface area contributed by atoms with Crippen LogP contribution in [0.3, 0.4) is 0 Å². The van der Waals surface area contributed by atoms with E-state index in [1.54, 1.807) is 0 Å². The molecule has 1 fully saturated rings. The third-order valence-corrected chi connectivity index (χ3v) is 4.11. The Hall–Kier alpha value is -0.0400. The van der Waals surface area contributed by atoms with E-state index in [9.17, 15) is 0 Å². The molecule has 0 aromatic carbocycles. The van der Waals surface area contributed by atoms with Gasteiger partial charge in [-0.25, -0.2) is 0 Å². The molecule has 1 rings (SSSR count). The van der Waals surface area contributed by atoms with Crippen molar-refractivity contribution in [3.63, 3.8) is 0 Å². The number of hydrogen-bond acceptors (Lipinski definition) is 1. The van der Waals surface area contributed by atoms with Crippen molar-refractivity contribution in [2.24, 2.45) is 11.3 Å². The van der Waals surface area contributed by atoms with Crippen LogP contribution in [-0.2, 0) is 0 Å². The van der Waals surface area contributed by atoms with Gasteiger partial charge in [0.25, 0.3) is 0 Å². The minimum Gasteiger partial charge on any atom is -0.310 e. The van der Waals surface area contributed by atoms with Crippen molar-refractivity contribution in [1.82, 2.24) is 5.32 Å². The molecular formula is C12H25N. The molecule has 13 heavy (non-hydrogen) atoms. The van der Waals surface area contributed by atoms with Gasteiger partial charge in [-0.15, -0.1) is 0 Å². The molecule has 1 aliphatic heterocycles. The second-order valence-electron chi connectivity index (χ2n) is 5.13. The van der Waals surface area contributed by atoms with Crippen molar-refractivity contribution >= 4 is 0 Å². The van der Waals surface area contributed by atoms with E-state index in [0.29, 0.717) is 5.41 Å². The highest BCUT2D eigenvalue weighted by atomic mass is 15.0. The molecule has 0 spiro atoms. The maximum absolute atomic E-state index is 3.78. The monoisotopic (exact) mass is 183 g/mol. The van der Waals surface area contributed by atoms with E-state index in [4.69, 9.17) is 0 Å². The SMILES string of the molecule is CCCC1NC(CC)C(C)C1(C)C. The van der Waals surface area contributed by atoms with Crippen molar-refractivity contribution in [1.29, 1.82) is 0 Å². The molecule has 0 amide bonds. The first-order valence-electron chi connectivity index (χ1n) is 5.80. The van der Waals surface area contributed by atoms with Gasteiger partial charge in [0.2, 0.25) is 0 Å². The molecule has 1 heterocycles. The molecule has 78 valence electrons. The topological polar surface area (TPSA) is 12.0 Å². The summed E-state index contributed by atoms with van der Waals surface area (Å²) in [5.41, 5.74) is 0.483. The van der Waals surface area contributed by atoms with E-state index in [1.165, 1.54) is 19.3 Å². The Balaban J connectivity index is 2.68. The molecule has 0 radical (unpaired) electrons. The van der Waals surface area contributed by atoms with Gasteiger partial charge in [-0.1, -0.05) is 41.0 Å². The van der Waals surface area contributed by atoms with Crippen LogP contribution in [-0.4, -0.2) is 12.1 Å². The first-order chi connectivity index (χ1) is 6.04. The van der Waals surface area contributed by atoms with Crippen molar-refractivity contribution in [3.05, 3.63) is 0 Å². The second-order valence-corrected chi connectivity index (χ2v) is 5.13. The van der Waals surface area contributed by atoms with Gasteiger partial charge in [0.1, 0.15) is 0 Å². The lowest BCUT2D eigenvalue weighted by Gasteiger charge is -2.30. The molecule has 1 saturated heterocycles. The smallest absolute Gasteiger partial charge is 0.0124 e. The lowest BCUT2D eigenvalue weighted by molar-refractivity contribution is 0.226. The molecule has 1 N–H and O–H groups in total. The van der Waals surface area contributed by atoms with Crippen molar-refractivity contribution in [2.45, 2.75) is 66.0 Å². The quantitative estimate of drug-likeness (QED) is 0.708. The third-order valence-electron chi connectivity index (χ3n) is 4.11. The Bertz CT molecular complexity index is 163. The van der Waals surface area contributed by atoms with E-state index >= 15 is 0 Å². The van der Waals surface area contributed by atoms with Gasteiger partial charge < -0.3 is 5.32 Å². The fourth-order valence-electron chi connectivity index (χ4n) is 2.67. The summed E-state index contributed by atoms with van der Waals surface area (Å²) < 4.78 is 0. The first kappa shape index (κ1) is 11.0. The lowest BCUT2D eigenvalue weighted by Crippen LogP contribution is -2.34. The lowest BCUT2D eigenvalue weighted by atomic mass is 9.74. The van der Waals surface area contributed by atoms with Crippen LogP contribution in [0.5, 0.6) is 0 Å². The predicted octanol–water partition coefficient (Wildman–Crippen LogP) is 3.20. The van der Waals surface area contributed by atoms with Crippen molar-refractivity contribution < 1.29 is 0 Å². The molecular weight excluding hydrogens is 158 g/mol. The van der Waals surface area contributed by atoms with E-state index in [0.717, 1.165) is 18.0 Å². The van der Waals surface area contributed by atoms with Crippen LogP contribution in [0.25, 0.3) is 0 Å². The second kappa shape index (κ2) is 4.00.